The quantitative estimate of drug-likeness (QED) is 0.430. The van der Waals surface area contributed by atoms with Crippen LogP contribution in [-0.2, 0) is 25.5 Å². The summed E-state index contributed by atoms with van der Waals surface area (Å²) in [4.78, 5) is 39.5. The van der Waals surface area contributed by atoms with Crippen LogP contribution in [0.5, 0.6) is 5.75 Å². The predicted octanol–water partition coefficient (Wildman–Crippen LogP) is 3.40. The number of hydrogen-bond acceptors (Lipinski definition) is 5. The largest absolute Gasteiger partial charge is 0.508 e. The first-order valence-electron chi connectivity index (χ1n) is 10.9. The molecule has 0 bridgehead atoms. The van der Waals surface area contributed by atoms with Crippen LogP contribution in [-0.4, -0.2) is 46.9 Å². The Morgan fingerprint density at radius 1 is 0.966 bits per heavy atom. The highest BCUT2D eigenvalue weighted by Crippen LogP contribution is 2.27. The van der Waals surface area contributed by atoms with Crippen LogP contribution < -0.4 is 0 Å². The van der Waals surface area contributed by atoms with Gasteiger partial charge in [-0.1, -0.05) is 31.4 Å². The number of benzene rings is 1. The van der Waals surface area contributed by atoms with Crippen molar-refractivity contribution in [3.05, 3.63) is 29.8 Å². The fraction of sp³-hybridized carbons (Fsp3) is 0.609. The minimum absolute atomic E-state index is 0.180. The standard InChI is InChI=1S/C23H31NO5/c25-19-13-11-17(12-14-19)7-6-16-29-23(28)20-10-4-5-15-24(20)22(27)21(26)18-8-2-1-3-9-18/h11-14,18,20,25H,1-10,15-16H2. The number of aryl methyl sites for hydroxylation is 1. The van der Waals surface area contributed by atoms with E-state index in [-0.39, 0.29) is 24.1 Å². The van der Waals surface area contributed by atoms with E-state index in [1.165, 1.54) is 4.90 Å². The van der Waals surface area contributed by atoms with E-state index in [4.69, 9.17) is 4.74 Å². The highest BCUT2D eigenvalue weighted by Gasteiger charge is 2.38. The molecule has 1 unspecified atom stereocenters. The molecule has 1 saturated carbocycles. The summed E-state index contributed by atoms with van der Waals surface area (Å²) in [7, 11) is 0. The second-order valence-corrected chi connectivity index (χ2v) is 8.15. The first kappa shape index (κ1) is 21.3. The maximum absolute atomic E-state index is 12.8. The molecule has 1 heterocycles. The van der Waals surface area contributed by atoms with Gasteiger partial charge in [-0.2, -0.15) is 0 Å². The van der Waals surface area contributed by atoms with Crippen molar-refractivity contribution in [2.75, 3.05) is 13.2 Å². The minimum atomic E-state index is -0.641. The van der Waals surface area contributed by atoms with Crippen molar-refractivity contribution in [2.45, 2.75) is 70.3 Å². The number of phenols is 1. The third-order valence-electron chi connectivity index (χ3n) is 6.01. The number of carbonyl (C=O) groups excluding carboxylic acids is 3. The Morgan fingerprint density at radius 2 is 1.66 bits per heavy atom. The number of rotatable bonds is 7. The summed E-state index contributed by atoms with van der Waals surface area (Å²) in [6.45, 7) is 0.722. The lowest BCUT2D eigenvalue weighted by molar-refractivity contribution is -0.160. The SMILES string of the molecule is O=C(C(=O)N1CCCCC1C(=O)OCCCc1ccc(O)cc1)C1CCCCC1. The number of amides is 1. The molecule has 158 valence electrons. The fourth-order valence-electron chi connectivity index (χ4n) is 4.31. The van der Waals surface area contributed by atoms with Crippen molar-refractivity contribution in [3.8, 4) is 5.75 Å². The highest BCUT2D eigenvalue weighted by molar-refractivity contribution is 6.37. The van der Waals surface area contributed by atoms with E-state index in [1.807, 2.05) is 12.1 Å². The monoisotopic (exact) mass is 401 g/mol. The number of nitrogens with zero attached hydrogens (tertiary/aromatic N) is 1. The third-order valence-corrected chi connectivity index (χ3v) is 6.01. The van der Waals surface area contributed by atoms with Crippen molar-refractivity contribution in [2.24, 2.45) is 5.92 Å². The number of phenolic OH excluding ortho intramolecular Hbond substituents is 1. The lowest BCUT2D eigenvalue weighted by atomic mass is 9.85. The number of ether oxygens (including phenoxy) is 1. The number of ketones is 1. The molecule has 3 rings (SSSR count). The maximum Gasteiger partial charge on any atom is 0.328 e. The van der Waals surface area contributed by atoms with Gasteiger partial charge in [-0.3, -0.25) is 9.59 Å². The summed E-state index contributed by atoms with van der Waals surface area (Å²) >= 11 is 0. The van der Waals surface area contributed by atoms with Crippen LogP contribution in [0.15, 0.2) is 24.3 Å². The van der Waals surface area contributed by atoms with Gasteiger partial charge in [0, 0.05) is 12.5 Å². The van der Waals surface area contributed by atoms with E-state index in [0.29, 0.717) is 19.4 Å². The number of Topliss-reactive ketones (excluding diaryl/α,β-unsaturated/α-hetero) is 1. The lowest BCUT2D eigenvalue weighted by Crippen LogP contribution is -2.52. The number of carbonyl (C=O) groups is 3. The Morgan fingerprint density at radius 3 is 2.38 bits per heavy atom. The van der Waals surface area contributed by atoms with Crippen LogP contribution >= 0.6 is 0 Å². The second kappa shape index (κ2) is 10.4. The molecule has 1 aromatic carbocycles. The smallest absolute Gasteiger partial charge is 0.328 e. The highest BCUT2D eigenvalue weighted by atomic mass is 16.5. The zero-order valence-corrected chi connectivity index (χ0v) is 17.0. The summed E-state index contributed by atoms with van der Waals surface area (Å²) in [6, 6.07) is 6.31. The first-order valence-corrected chi connectivity index (χ1v) is 10.9. The molecule has 1 aliphatic carbocycles. The number of hydrogen-bond donors (Lipinski definition) is 1. The molecule has 1 atom stereocenters. The molecule has 0 aromatic heterocycles. The Bertz CT molecular complexity index is 708. The molecule has 1 aromatic rings. The molecular weight excluding hydrogens is 370 g/mol. The number of likely N-dealkylation sites (tertiary alicyclic amines) is 1. The summed E-state index contributed by atoms with van der Waals surface area (Å²) < 4.78 is 5.44. The van der Waals surface area contributed by atoms with Gasteiger partial charge in [0.25, 0.3) is 5.91 Å². The molecule has 6 heteroatoms. The zero-order chi connectivity index (χ0) is 20.6. The van der Waals surface area contributed by atoms with Gasteiger partial charge in [0.05, 0.1) is 6.61 Å². The van der Waals surface area contributed by atoms with Crippen molar-refractivity contribution in [1.82, 2.24) is 4.90 Å². The van der Waals surface area contributed by atoms with Gasteiger partial charge in [0.2, 0.25) is 5.78 Å². The van der Waals surface area contributed by atoms with Crippen LogP contribution in [0.2, 0.25) is 0 Å². The van der Waals surface area contributed by atoms with Gasteiger partial charge in [-0.25, -0.2) is 4.79 Å². The molecule has 29 heavy (non-hydrogen) atoms. The summed E-state index contributed by atoms with van der Waals surface area (Å²) in [5.74, 6) is -1.18. The van der Waals surface area contributed by atoms with Gasteiger partial charge in [-0.15, -0.1) is 0 Å². The molecule has 1 N–H and O–H groups in total. The number of esters is 1. The predicted molar refractivity (Wildman–Crippen MR) is 108 cm³/mol. The van der Waals surface area contributed by atoms with Crippen molar-refractivity contribution in [1.29, 1.82) is 0 Å². The molecule has 6 nitrogen and oxygen atoms in total. The fourth-order valence-corrected chi connectivity index (χ4v) is 4.31. The molecule has 2 aliphatic rings. The lowest BCUT2D eigenvalue weighted by Gasteiger charge is -2.34. The van der Waals surface area contributed by atoms with E-state index in [9.17, 15) is 19.5 Å². The van der Waals surface area contributed by atoms with Crippen LogP contribution in [0, 0.1) is 5.92 Å². The van der Waals surface area contributed by atoms with E-state index in [2.05, 4.69) is 0 Å². The van der Waals surface area contributed by atoms with Crippen LogP contribution in [0.3, 0.4) is 0 Å². The van der Waals surface area contributed by atoms with Crippen LogP contribution in [0.4, 0.5) is 0 Å². The molecule has 2 fully saturated rings. The van der Waals surface area contributed by atoms with E-state index in [1.54, 1.807) is 12.1 Å². The Balaban J connectivity index is 1.49. The van der Waals surface area contributed by atoms with Crippen LogP contribution in [0.1, 0.15) is 63.4 Å². The molecule has 0 spiro atoms. The average Bonchev–Trinajstić information content (AvgIpc) is 2.77. The second-order valence-electron chi connectivity index (χ2n) is 8.15. The summed E-state index contributed by atoms with van der Waals surface area (Å²) in [5, 5.41) is 9.31. The molecular formula is C23H31NO5. The normalized spacial score (nSPS) is 20.3. The summed E-state index contributed by atoms with van der Waals surface area (Å²) in [6.07, 6.45) is 8.31. The Labute approximate surface area is 172 Å². The third kappa shape index (κ3) is 5.81. The van der Waals surface area contributed by atoms with Gasteiger partial charge < -0.3 is 14.7 Å². The molecule has 1 saturated heterocycles. The van der Waals surface area contributed by atoms with Crippen molar-refractivity contribution >= 4 is 17.7 Å². The van der Waals surface area contributed by atoms with E-state index >= 15 is 0 Å². The van der Waals surface area contributed by atoms with Gasteiger partial charge in [0.1, 0.15) is 11.8 Å². The van der Waals surface area contributed by atoms with E-state index in [0.717, 1.165) is 56.9 Å². The number of piperidine rings is 1. The molecule has 0 radical (unpaired) electrons. The van der Waals surface area contributed by atoms with Gasteiger partial charge >= 0.3 is 5.97 Å². The molecule has 1 amide bonds. The Hall–Kier alpha value is -2.37. The number of aromatic hydroxyl groups is 1. The van der Waals surface area contributed by atoms with Crippen LogP contribution in [0.25, 0.3) is 0 Å². The Kier molecular flexibility index (Phi) is 7.67. The maximum atomic E-state index is 12.8. The molecule has 1 aliphatic heterocycles. The average molecular weight is 402 g/mol. The van der Waals surface area contributed by atoms with E-state index < -0.39 is 17.9 Å². The minimum Gasteiger partial charge on any atom is -0.508 e. The topological polar surface area (TPSA) is 83.9 Å². The summed E-state index contributed by atoms with van der Waals surface area (Å²) in [5.41, 5.74) is 1.06. The van der Waals surface area contributed by atoms with Gasteiger partial charge in [-0.05, 0) is 62.6 Å². The van der Waals surface area contributed by atoms with Gasteiger partial charge in [0.15, 0.2) is 0 Å². The van der Waals surface area contributed by atoms with Crippen molar-refractivity contribution in [3.63, 3.8) is 0 Å². The zero-order valence-electron chi connectivity index (χ0n) is 17.0. The van der Waals surface area contributed by atoms with Crippen molar-refractivity contribution < 1.29 is 24.2 Å². The first-order chi connectivity index (χ1) is 14.1.